The highest BCUT2D eigenvalue weighted by atomic mass is 16.7. The van der Waals surface area contributed by atoms with E-state index >= 15 is 0 Å². The summed E-state index contributed by atoms with van der Waals surface area (Å²) in [4.78, 5) is 1.60. The summed E-state index contributed by atoms with van der Waals surface area (Å²) in [6, 6.07) is 17.0. The summed E-state index contributed by atoms with van der Waals surface area (Å²) in [5.41, 5.74) is 4.16. The first-order valence-corrected chi connectivity index (χ1v) is 7.85. The van der Waals surface area contributed by atoms with Crippen LogP contribution < -0.4 is 14.4 Å². The molecule has 0 spiro atoms. The molecule has 3 heteroatoms. The molecular weight excluding hydrogens is 274 g/mol. The molecule has 2 aromatic rings. The number of hydrogen-bond acceptors (Lipinski definition) is 2. The molecule has 2 heterocycles. The molecule has 3 nitrogen and oxygen atoms in total. The van der Waals surface area contributed by atoms with Gasteiger partial charge in [0.2, 0.25) is 6.79 Å². The van der Waals surface area contributed by atoms with Crippen molar-refractivity contribution in [1.82, 2.24) is 0 Å². The van der Waals surface area contributed by atoms with Crippen molar-refractivity contribution in [3.05, 3.63) is 65.7 Å². The lowest BCUT2D eigenvalue weighted by atomic mass is 9.99. The molecule has 1 N–H and O–H groups in total. The molecule has 1 unspecified atom stereocenters. The second-order valence-corrected chi connectivity index (χ2v) is 5.91. The lowest BCUT2D eigenvalue weighted by molar-refractivity contribution is -0.908. The van der Waals surface area contributed by atoms with Gasteiger partial charge in [-0.2, -0.15) is 0 Å². The first kappa shape index (κ1) is 13.4. The third-order valence-electron chi connectivity index (χ3n) is 4.42. The Hall–Kier alpha value is -2.26. The summed E-state index contributed by atoms with van der Waals surface area (Å²) < 4.78 is 10.8. The molecule has 2 aliphatic heterocycles. The van der Waals surface area contributed by atoms with Crippen LogP contribution in [0.3, 0.4) is 0 Å². The number of fused-ring (bicyclic) bond motifs is 1. The Morgan fingerprint density at radius 2 is 1.82 bits per heavy atom. The average molecular weight is 294 g/mol. The zero-order valence-corrected chi connectivity index (χ0v) is 12.5. The van der Waals surface area contributed by atoms with Gasteiger partial charge in [0.25, 0.3) is 0 Å². The van der Waals surface area contributed by atoms with Crippen LogP contribution in [0, 0.1) is 0 Å². The summed E-state index contributed by atoms with van der Waals surface area (Å²) in [5.74, 6) is 1.75. The monoisotopic (exact) mass is 294 g/mol. The van der Waals surface area contributed by atoms with Crippen LogP contribution >= 0.6 is 0 Å². The van der Waals surface area contributed by atoms with E-state index < -0.39 is 0 Å². The Labute approximate surface area is 130 Å². The second kappa shape index (κ2) is 5.85. The Morgan fingerprint density at radius 3 is 2.64 bits per heavy atom. The molecule has 0 aromatic heterocycles. The number of quaternary nitrogens is 1. The van der Waals surface area contributed by atoms with Crippen LogP contribution in [-0.2, 0) is 6.54 Å². The Morgan fingerprint density at radius 1 is 0.955 bits per heavy atom. The zero-order valence-electron chi connectivity index (χ0n) is 12.5. The largest absolute Gasteiger partial charge is 0.454 e. The fourth-order valence-corrected chi connectivity index (χ4v) is 3.20. The van der Waals surface area contributed by atoms with Crippen LogP contribution in [-0.4, -0.2) is 19.9 Å². The molecule has 22 heavy (non-hydrogen) atoms. The summed E-state index contributed by atoms with van der Waals surface area (Å²) in [6.45, 7) is 3.64. The summed E-state index contributed by atoms with van der Waals surface area (Å²) in [6.07, 6.45) is 3.53. The van der Waals surface area contributed by atoms with Gasteiger partial charge in [-0.3, -0.25) is 0 Å². The quantitative estimate of drug-likeness (QED) is 0.938. The van der Waals surface area contributed by atoms with Crippen molar-refractivity contribution in [2.75, 3.05) is 19.9 Å². The van der Waals surface area contributed by atoms with Crippen LogP contribution in [0.4, 0.5) is 0 Å². The standard InChI is InChI=1S/C19H19NO2/c1-2-4-16(5-3-1)17-8-10-20(11-9-17)13-15-6-7-18-19(12-15)22-14-21-18/h1-8,12H,9-11,13-14H2/p+1. The van der Waals surface area contributed by atoms with E-state index in [9.17, 15) is 0 Å². The highest BCUT2D eigenvalue weighted by Crippen LogP contribution is 2.32. The van der Waals surface area contributed by atoms with E-state index in [0.717, 1.165) is 31.0 Å². The van der Waals surface area contributed by atoms with Gasteiger partial charge in [-0.1, -0.05) is 30.3 Å². The third-order valence-corrected chi connectivity index (χ3v) is 4.42. The molecule has 2 aromatic carbocycles. The minimum Gasteiger partial charge on any atom is -0.454 e. The summed E-state index contributed by atoms with van der Waals surface area (Å²) in [5, 5.41) is 0. The van der Waals surface area contributed by atoms with Crippen LogP contribution in [0.2, 0.25) is 0 Å². The molecule has 0 amide bonds. The summed E-state index contributed by atoms with van der Waals surface area (Å²) in [7, 11) is 0. The second-order valence-electron chi connectivity index (χ2n) is 5.91. The SMILES string of the molecule is C1=C(c2ccccc2)CC[NH+](Cc2ccc3c(c2)OCO3)C1. The van der Waals surface area contributed by atoms with E-state index in [1.54, 1.807) is 4.90 Å². The van der Waals surface area contributed by atoms with E-state index in [-0.39, 0.29) is 0 Å². The number of hydrogen-bond donors (Lipinski definition) is 1. The topological polar surface area (TPSA) is 22.9 Å². The number of nitrogens with one attached hydrogen (secondary N) is 1. The van der Waals surface area contributed by atoms with Gasteiger partial charge < -0.3 is 14.4 Å². The van der Waals surface area contributed by atoms with Crippen molar-refractivity contribution in [2.45, 2.75) is 13.0 Å². The van der Waals surface area contributed by atoms with Gasteiger partial charge in [0, 0.05) is 12.0 Å². The maximum Gasteiger partial charge on any atom is 0.231 e. The molecule has 112 valence electrons. The van der Waals surface area contributed by atoms with Gasteiger partial charge in [0.05, 0.1) is 13.1 Å². The molecule has 0 bridgehead atoms. The van der Waals surface area contributed by atoms with E-state index in [0.29, 0.717) is 6.79 Å². The smallest absolute Gasteiger partial charge is 0.231 e. The van der Waals surface area contributed by atoms with Crippen LogP contribution in [0.1, 0.15) is 17.5 Å². The average Bonchev–Trinajstić information content (AvgIpc) is 3.04. The van der Waals surface area contributed by atoms with Gasteiger partial charge in [0.15, 0.2) is 11.5 Å². The molecule has 0 aliphatic carbocycles. The van der Waals surface area contributed by atoms with Crippen molar-refractivity contribution in [3.63, 3.8) is 0 Å². The predicted octanol–water partition coefficient (Wildman–Crippen LogP) is 2.29. The zero-order chi connectivity index (χ0) is 14.8. The molecule has 1 atom stereocenters. The maximum absolute atomic E-state index is 5.46. The Kier molecular flexibility index (Phi) is 3.57. The first-order valence-electron chi connectivity index (χ1n) is 7.85. The maximum atomic E-state index is 5.46. The van der Waals surface area contributed by atoms with E-state index in [1.807, 2.05) is 6.07 Å². The molecule has 0 saturated heterocycles. The van der Waals surface area contributed by atoms with Crippen LogP contribution in [0.25, 0.3) is 5.57 Å². The molecule has 4 rings (SSSR count). The number of benzene rings is 2. The van der Waals surface area contributed by atoms with Gasteiger partial charge in [-0.15, -0.1) is 0 Å². The van der Waals surface area contributed by atoms with Gasteiger partial charge in [-0.05, 0) is 35.4 Å². The molecule has 0 saturated carbocycles. The Bertz CT molecular complexity index is 694. The normalized spacial score (nSPS) is 19.8. The molecule has 0 fully saturated rings. The van der Waals surface area contributed by atoms with Crippen molar-refractivity contribution in [1.29, 1.82) is 0 Å². The Balaban J connectivity index is 1.42. The van der Waals surface area contributed by atoms with Gasteiger partial charge >= 0.3 is 0 Å². The van der Waals surface area contributed by atoms with Crippen molar-refractivity contribution in [3.8, 4) is 11.5 Å². The van der Waals surface area contributed by atoms with Gasteiger partial charge in [0.1, 0.15) is 6.54 Å². The van der Waals surface area contributed by atoms with Crippen LogP contribution in [0.5, 0.6) is 11.5 Å². The lowest BCUT2D eigenvalue weighted by Crippen LogP contribution is -3.11. The third kappa shape index (κ3) is 2.72. The van der Waals surface area contributed by atoms with Crippen molar-refractivity contribution >= 4 is 5.57 Å². The number of ether oxygens (including phenoxy) is 2. The number of rotatable bonds is 3. The fourth-order valence-electron chi connectivity index (χ4n) is 3.20. The van der Waals surface area contributed by atoms with Crippen molar-refractivity contribution in [2.24, 2.45) is 0 Å². The van der Waals surface area contributed by atoms with E-state index in [2.05, 4.69) is 48.5 Å². The highest BCUT2D eigenvalue weighted by molar-refractivity contribution is 5.65. The fraction of sp³-hybridized carbons (Fsp3) is 0.263. The first-order chi connectivity index (χ1) is 10.9. The molecular formula is C19H20NO2+. The van der Waals surface area contributed by atoms with E-state index in [1.165, 1.54) is 23.2 Å². The minimum absolute atomic E-state index is 0.346. The van der Waals surface area contributed by atoms with Gasteiger partial charge in [-0.25, -0.2) is 0 Å². The highest BCUT2D eigenvalue weighted by Gasteiger charge is 2.18. The molecule has 0 radical (unpaired) electrons. The predicted molar refractivity (Wildman–Crippen MR) is 86.0 cm³/mol. The summed E-state index contributed by atoms with van der Waals surface area (Å²) >= 11 is 0. The van der Waals surface area contributed by atoms with Crippen molar-refractivity contribution < 1.29 is 14.4 Å². The van der Waals surface area contributed by atoms with Crippen LogP contribution in [0.15, 0.2) is 54.6 Å². The lowest BCUT2D eigenvalue weighted by Gasteiger charge is -2.24. The molecule has 2 aliphatic rings. The minimum atomic E-state index is 0.346. The van der Waals surface area contributed by atoms with E-state index in [4.69, 9.17) is 9.47 Å².